The molecule has 0 radical (unpaired) electrons. The summed E-state index contributed by atoms with van der Waals surface area (Å²) in [5, 5.41) is 9.57. The molecule has 20 heavy (non-hydrogen) atoms. The molecule has 0 saturated heterocycles. The van der Waals surface area contributed by atoms with Crippen molar-refractivity contribution in [2.24, 2.45) is 5.92 Å². The third kappa shape index (κ3) is 4.15. The Balaban J connectivity index is 2.07. The molecule has 106 valence electrons. The summed E-state index contributed by atoms with van der Waals surface area (Å²) < 4.78 is 14.1. The molecule has 0 spiro atoms. The lowest BCUT2D eigenvalue weighted by molar-refractivity contribution is 0.225. The van der Waals surface area contributed by atoms with Crippen LogP contribution in [0.25, 0.3) is 0 Å². The van der Waals surface area contributed by atoms with Gasteiger partial charge in [0, 0.05) is 11.1 Å². The van der Waals surface area contributed by atoms with Gasteiger partial charge in [0.2, 0.25) is 0 Å². The van der Waals surface area contributed by atoms with Crippen LogP contribution in [0.3, 0.4) is 0 Å². The molecule has 0 amide bonds. The number of aryl methyl sites for hydroxylation is 1. The van der Waals surface area contributed by atoms with Crippen molar-refractivity contribution in [3.8, 4) is 0 Å². The first-order valence-corrected chi connectivity index (χ1v) is 7.48. The van der Waals surface area contributed by atoms with E-state index in [4.69, 9.17) is 0 Å². The number of aliphatic hydroxyl groups is 1. The Morgan fingerprint density at radius 3 is 2.40 bits per heavy atom. The van der Waals surface area contributed by atoms with E-state index in [0.29, 0.717) is 0 Å². The van der Waals surface area contributed by atoms with Crippen LogP contribution in [0.2, 0.25) is 0 Å². The van der Waals surface area contributed by atoms with Gasteiger partial charge in [-0.3, -0.25) is 0 Å². The molecule has 0 aromatic heterocycles. The maximum absolute atomic E-state index is 13.1. The predicted octanol–water partition coefficient (Wildman–Crippen LogP) is 4.29. The second-order valence-corrected chi connectivity index (χ2v) is 6.07. The van der Waals surface area contributed by atoms with Crippen molar-refractivity contribution in [3.05, 3.63) is 69.4 Å². The number of hydrogen-bond acceptors (Lipinski definition) is 1. The zero-order valence-electron chi connectivity index (χ0n) is 11.4. The standard InChI is InChI=1S/C17H18BrFO/c1-12-8-17(19)7-4-15(12)10-14(11-20)9-13-2-5-16(18)6-3-13/h2-8,14,20H,9-11H2,1H3. The van der Waals surface area contributed by atoms with E-state index in [9.17, 15) is 9.50 Å². The van der Waals surface area contributed by atoms with Crippen LogP contribution >= 0.6 is 15.9 Å². The van der Waals surface area contributed by atoms with Crippen molar-refractivity contribution >= 4 is 15.9 Å². The van der Waals surface area contributed by atoms with Crippen molar-refractivity contribution in [3.63, 3.8) is 0 Å². The van der Waals surface area contributed by atoms with Crippen molar-refractivity contribution in [2.45, 2.75) is 19.8 Å². The van der Waals surface area contributed by atoms with Crippen LogP contribution in [0, 0.1) is 18.7 Å². The molecule has 0 saturated carbocycles. The number of rotatable bonds is 5. The Morgan fingerprint density at radius 2 is 1.80 bits per heavy atom. The van der Waals surface area contributed by atoms with Crippen LogP contribution in [-0.4, -0.2) is 11.7 Å². The van der Waals surface area contributed by atoms with E-state index < -0.39 is 0 Å². The van der Waals surface area contributed by atoms with Gasteiger partial charge in [-0.05, 0) is 66.6 Å². The first kappa shape index (κ1) is 15.2. The fraction of sp³-hybridized carbons (Fsp3) is 0.294. The fourth-order valence-corrected chi connectivity index (χ4v) is 2.62. The molecule has 1 unspecified atom stereocenters. The van der Waals surface area contributed by atoms with E-state index in [0.717, 1.165) is 28.4 Å². The lowest BCUT2D eigenvalue weighted by Crippen LogP contribution is -2.13. The average molecular weight is 337 g/mol. The molecule has 0 aliphatic heterocycles. The highest BCUT2D eigenvalue weighted by Crippen LogP contribution is 2.19. The van der Waals surface area contributed by atoms with Gasteiger partial charge in [-0.2, -0.15) is 0 Å². The summed E-state index contributed by atoms with van der Waals surface area (Å²) in [6.45, 7) is 2.04. The number of halogens is 2. The lowest BCUT2D eigenvalue weighted by atomic mass is 9.91. The van der Waals surface area contributed by atoms with Gasteiger partial charge in [0.1, 0.15) is 5.82 Å². The SMILES string of the molecule is Cc1cc(F)ccc1CC(CO)Cc1ccc(Br)cc1. The predicted molar refractivity (Wildman–Crippen MR) is 83.3 cm³/mol. The number of aliphatic hydroxyl groups excluding tert-OH is 1. The van der Waals surface area contributed by atoms with Crippen LogP contribution in [-0.2, 0) is 12.8 Å². The minimum absolute atomic E-state index is 0.132. The van der Waals surface area contributed by atoms with E-state index in [1.165, 1.54) is 11.6 Å². The average Bonchev–Trinajstić information content (AvgIpc) is 2.43. The van der Waals surface area contributed by atoms with Crippen LogP contribution < -0.4 is 0 Å². The van der Waals surface area contributed by atoms with Crippen LogP contribution in [0.15, 0.2) is 46.9 Å². The molecule has 0 aliphatic rings. The first-order chi connectivity index (χ1) is 9.58. The highest BCUT2D eigenvalue weighted by atomic mass is 79.9. The molecule has 0 heterocycles. The minimum atomic E-state index is -0.209. The first-order valence-electron chi connectivity index (χ1n) is 6.69. The highest BCUT2D eigenvalue weighted by Gasteiger charge is 2.11. The minimum Gasteiger partial charge on any atom is -0.396 e. The van der Waals surface area contributed by atoms with Crippen molar-refractivity contribution < 1.29 is 9.50 Å². The molecule has 2 rings (SSSR count). The molecule has 1 nitrogen and oxygen atoms in total. The molecule has 1 N–H and O–H groups in total. The summed E-state index contributed by atoms with van der Waals surface area (Å²) in [7, 11) is 0. The van der Waals surface area contributed by atoms with Gasteiger partial charge in [-0.25, -0.2) is 4.39 Å². The van der Waals surface area contributed by atoms with Crippen molar-refractivity contribution in [1.29, 1.82) is 0 Å². The second kappa shape index (κ2) is 7.00. The summed E-state index contributed by atoms with van der Waals surface area (Å²) in [4.78, 5) is 0. The Hall–Kier alpha value is -1.19. The second-order valence-electron chi connectivity index (χ2n) is 5.15. The normalized spacial score (nSPS) is 12.4. The maximum atomic E-state index is 13.1. The zero-order valence-corrected chi connectivity index (χ0v) is 13.0. The van der Waals surface area contributed by atoms with Crippen LogP contribution in [0.1, 0.15) is 16.7 Å². The van der Waals surface area contributed by atoms with E-state index >= 15 is 0 Å². The quantitative estimate of drug-likeness (QED) is 0.863. The Kier molecular flexibility index (Phi) is 5.32. The molecule has 0 fully saturated rings. The lowest BCUT2D eigenvalue weighted by Gasteiger charge is -2.16. The molecule has 0 bridgehead atoms. The maximum Gasteiger partial charge on any atom is 0.123 e. The molecule has 2 aromatic carbocycles. The number of hydrogen-bond donors (Lipinski definition) is 1. The fourth-order valence-electron chi connectivity index (χ4n) is 2.35. The monoisotopic (exact) mass is 336 g/mol. The molecule has 3 heteroatoms. The van der Waals surface area contributed by atoms with Crippen LogP contribution in [0.5, 0.6) is 0 Å². The van der Waals surface area contributed by atoms with Gasteiger partial charge in [0.05, 0.1) is 0 Å². The van der Waals surface area contributed by atoms with E-state index in [1.54, 1.807) is 6.07 Å². The molecular formula is C17H18BrFO. The van der Waals surface area contributed by atoms with E-state index in [2.05, 4.69) is 28.1 Å². The molecule has 1 atom stereocenters. The van der Waals surface area contributed by atoms with Crippen LogP contribution in [0.4, 0.5) is 4.39 Å². The van der Waals surface area contributed by atoms with E-state index in [-0.39, 0.29) is 18.3 Å². The summed E-state index contributed by atoms with van der Waals surface area (Å²) in [6.07, 6.45) is 1.58. The van der Waals surface area contributed by atoms with Gasteiger partial charge >= 0.3 is 0 Å². The summed E-state index contributed by atoms with van der Waals surface area (Å²) in [5.74, 6) is -0.0555. The Bertz CT molecular complexity index is 566. The molecule has 0 aliphatic carbocycles. The topological polar surface area (TPSA) is 20.2 Å². The van der Waals surface area contributed by atoms with Crippen molar-refractivity contribution in [2.75, 3.05) is 6.61 Å². The number of benzene rings is 2. The van der Waals surface area contributed by atoms with Gasteiger partial charge in [-0.1, -0.05) is 34.1 Å². The van der Waals surface area contributed by atoms with Gasteiger partial charge in [0.25, 0.3) is 0 Å². The molecule has 2 aromatic rings. The Labute approximate surface area is 127 Å². The third-order valence-electron chi connectivity index (χ3n) is 3.51. The zero-order chi connectivity index (χ0) is 14.5. The highest BCUT2D eigenvalue weighted by molar-refractivity contribution is 9.10. The van der Waals surface area contributed by atoms with Gasteiger partial charge < -0.3 is 5.11 Å². The molecular weight excluding hydrogens is 319 g/mol. The summed E-state index contributed by atoms with van der Waals surface area (Å²) in [5.41, 5.74) is 3.24. The largest absolute Gasteiger partial charge is 0.396 e. The third-order valence-corrected chi connectivity index (χ3v) is 4.04. The summed E-state index contributed by atoms with van der Waals surface area (Å²) >= 11 is 3.41. The van der Waals surface area contributed by atoms with Crippen molar-refractivity contribution in [1.82, 2.24) is 0 Å². The van der Waals surface area contributed by atoms with Gasteiger partial charge in [0.15, 0.2) is 0 Å². The summed E-state index contributed by atoms with van der Waals surface area (Å²) in [6, 6.07) is 13.0. The van der Waals surface area contributed by atoms with E-state index in [1.807, 2.05) is 25.1 Å². The smallest absolute Gasteiger partial charge is 0.123 e. The van der Waals surface area contributed by atoms with Gasteiger partial charge in [-0.15, -0.1) is 0 Å². The Morgan fingerprint density at radius 1 is 1.10 bits per heavy atom.